The zero-order valence-corrected chi connectivity index (χ0v) is 6.95. The highest BCUT2D eigenvalue weighted by molar-refractivity contribution is 7.91. The number of nitrogens with two attached hydrogens (primary N) is 1. The van der Waals surface area contributed by atoms with Gasteiger partial charge >= 0.3 is 0 Å². The van der Waals surface area contributed by atoms with Gasteiger partial charge in [-0.05, 0) is 6.42 Å². The van der Waals surface area contributed by atoms with Crippen LogP contribution in [0.1, 0.15) is 13.3 Å². The van der Waals surface area contributed by atoms with E-state index in [9.17, 15) is 8.42 Å². The number of hydrazine groups is 1. The average molecular weight is 166 g/mol. The monoisotopic (exact) mass is 166 g/mol. The lowest BCUT2D eigenvalue weighted by atomic mass is 10.6. The van der Waals surface area contributed by atoms with Gasteiger partial charge in [-0.25, -0.2) is 8.42 Å². The number of hydrogen-bond acceptors (Lipinski definition) is 4. The van der Waals surface area contributed by atoms with Crippen LogP contribution in [0.4, 0.5) is 0 Å². The van der Waals surface area contributed by atoms with Gasteiger partial charge in [-0.15, -0.1) is 0 Å². The van der Waals surface area contributed by atoms with Crippen LogP contribution in [0.15, 0.2) is 0 Å². The third kappa shape index (κ3) is 4.72. The van der Waals surface area contributed by atoms with Gasteiger partial charge in [0.25, 0.3) is 0 Å². The van der Waals surface area contributed by atoms with Crippen LogP contribution in [0.5, 0.6) is 0 Å². The largest absolute Gasteiger partial charge is 0.271 e. The lowest BCUT2D eigenvalue weighted by Crippen LogP contribution is -2.29. The summed E-state index contributed by atoms with van der Waals surface area (Å²) in [4.78, 5) is 0. The minimum Gasteiger partial charge on any atom is -0.271 e. The summed E-state index contributed by atoms with van der Waals surface area (Å²) in [5.41, 5.74) is 2.30. The highest BCUT2D eigenvalue weighted by Gasteiger charge is 2.06. The molecule has 0 radical (unpaired) electrons. The molecule has 3 N–H and O–H groups in total. The Morgan fingerprint density at radius 3 is 2.40 bits per heavy atom. The molecule has 0 atom stereocenters. The topological polar surface area (TPSA) is 72.2 Å². The van der Waals surface area contributed by atoms with E-state index in [4.69, 9.17) is 5.84 Å². The first-order chi connectivity index (χ1) is 4.62. The summed E-state index contributed by atoms with van der Waals surface area (Å²) >= 11 is 0. The van der Waals surface area contributed by atoms with E-state index < -0.39 is 9.84 Å². The maximum Gasteiger partial charge on any atom is 0.151 e. The molecular formula is C5H14N2O2S. The molecule has 0 aromatic carbocycles. The quantitative estimate of drug-likeness (QED) is 0.417. The fourth-order valence-corrected chi connectivity index (χ4v) is 1.88. The zero-order valence-electron chi connectivity index (χ0n) is 6.13. The van der Waals surface area contributed by atoms with Gasteiger partial charge in [0.2, 0.25) is 0 Å². The zero-order chi connectivity index (χ0) is 8.04. The summed E-state index contributed by atoms with van der Waals surface area (Å²) in [7, 11) is -2.84. The van der Waals surface area contributed by atoms with Crippen molar-refractivity contribution >= 4 is 9.84 Å². The predicted molar refractivity (Wildman–Crippen MR) is 41.1 cm³/mol. The second kappa shape index (κ2) is 4.65. The van der Waals surface area contributed by atoms with E-state index in [1.165, 1.54) is 0 Å². The molecule has 0 unspecified atom stereocenters. The van der Waals surface area contributed by atoms with Crippen molar-refractivity contribution in [3.8, 4) is 0 Å². The van der Waals surface area contributed by atoms with Crippen molar-refractivity contribution in [1.82, 2.24) is 5.43 Å². The van der Waals surface area contributed by atoms with Crippen LogP contribution in [0, 0.1) is 0 Å². The smallest absolute Gasteiger partial charge is 0.151 e. The highest BCUT2D eigenvalue weighted by atomic mass is 32.2. The van der Waals surface area contributed by atoms with Gasteiger partial charge in [0, 0.05) is 12.3 Å². The molecular weight excluding hydrogens is 152 g/mol. The van der Waals surface area contributed by atoms with Crippen LogP contribution in [0.2, 0.25) is 0 Å². The third-order valence-corrected chi connectivity index (χ3v) is 2.93. The second-order valence-corrected chi connectivity index (χ2v) is 4.41. The van der Waals surface area contributed by atoms with Crippen molar-refractivity contribution in [2.24, 2.45) is 5.84 Å². The number of nitrogens with one attached hydrogen (secondary N) is 1. The van der Waals surface area contributed by atoms with Crippen molar-refractivity contribution in [2.45, 2.75) is 13.3 Å². The SMILES string of the molecule is CCCS(=O)(=O)CCNN. The van der Waals surface area contributed by atoms with Crippen LogP contribution in [0.25, 0.3) is 0 Å². The summed E-state index contributed by atoms with van der Waals surface area (Å²) in [6.45, 7) is 2.18. The van der Waals surface area contributed by atoms with Crippen LogP contribution < -0.4 is 11.3 Å². The summed E-state index contributed by atoms with van der Waals surface area (Å²) in [6.07, 6.45) is 0.674. The molecule has 10 heavy (non-hydrogen) atoms. The maximum absolute atomic E-state index is 10.9. The minimum absolute atomic E-state index is 0.136. The van der Waals surface area contributed by atoms with Crippen molar-refractivity contribution in [3.63, 3.8) is 0 Å². The van der Waals surface area contributed by atoms with E-state index in [0.717, 1.165) is 0 Å². The Morgan fingerprint density at radius 2 is 2.00 bits per heavy atom. The lowest BCUT2D eigenvalue weighted by Gasteiger charge is -1.99. The van der Waals surface area contributed by atoms with Crippen LogP contribution >= 0.6 is 0 Å². The first-order valence-electron chi connectivity index (χ1n) is 3.26. The first kappa shape index (κ1) is 9.87. The number of hydrogen-bond donors (Lipinski definition) is 2. The van der Waals surface area contributed by atoms with Crippen LogP contribution in [-0.4, -0.2) is 26.5 Å². The van der Waals surface area contributed by atoms with Crippen molar-refractivity contribution in [3.05, 3.63) is 0 Å². The van der Waals surface area contributed by atoms with Crippen molar-refractivity contribution < 1.29 is 8.42 Å². The molecule has 0 aliphatic heterocycles. The molecule has 5 heteroatoms. The predicted octanol–water partition coefficient (Wildman–Crippen LogP) is -0.725. The molecule has 0 aromatic rings. The molecule has 0 aliphatic rings. The fraction of sp³-hybridized carbons (Fsp3) is 1.00. The van der Waals surface area contributed by atoms with E-state index in [0.29, 0.717) is 13.0 Å². The minimum atomic E-state index is -2.84. The molecule has 0 fully saturated rings. The Bertz CT molecular complexity index is 164. The van der Waals surface area contributed by atoms with E-state index in [1.54, 1.807) is 0 Å². The summed E-state index contributed by atoms with van der Waals surface area (Å²) < 4.78 is 21.8. The van der Waals surface area contributed by atoms with Crippen LogP contribution in [-0.2, 0) is 9.84 Å². The van der Waals surface area contributed by atoms with E-state index in [-0.39, 0.29) is 11.5 Å². The van der Waals surface area contributed by atoms with E-state index >= 15 is 0 Å². The Kier molecular flexibility index (Phi) is 4.59. The molecule has 0 saturated heterocycles. The number of rotatable bonds is 5. The summed E-state index contributed by atoms with van der Waals surface area (Å²) in [5, 5.41) is 0. The summed E-state index contributed by atoms with van der Waals surface area (Å²) in [5.74, 6) is 5.31. The lowest BCUT2D eigenvalue weighted by molar-refractivity contribution is 0.590. The average Bonchev–Trinajstić information content (AvgIpc) is 1.84. The molecule has 0 aromatic heterocycles. The van der Waals surface area contributed by atoms with Crippen LogP contribution in [0.3, 0.4) is 0 Å². The molecule has 0 heterocycles. The Balaban J connectivity index is 3.65. The molecule has 0 aliphatic carbocycles. The molecule has 0 rings (SSSR count). The van der Waals surface area contributed by atoms with Gasteiger partial charge in [0.1, 0.15) is 0 Å². The normalized spacial score (nSPS) is 11.8. The fourth-order valence-electron chi connectivity index (χ4n) is 0.627. The van der Waals surface area contributed by atoms with Gasteiger partial charge in [-0.3, -0.25) is 11.3 Å². The van der Waals surface area contributed by atoms with Crippen molar-refractivity contribution in [2.75, 3.05) is 18.1 Å². The third-order valence-electron chi connectivity index (χ3n) is 1.07. The van der Waals surface area contributed by atoms with Gasteiger partial charge in [-0.2, -0.15) is 0 Å². The van der Waals surface area contributed by atoms with Gasteiger partial charge in [-0.1, -0.05) is 6.92 Å². The standard InChI is InChI=1S/C5H14N2O2S/c1-2-4-10(8,9)5-3-7-6/h7H,2-6H2,1H3. The molecule has 62 valence electrons. The molecule has 0 bridgehead atoms. The Labute approximate surface area is 61.7 Å². The maximum atomic E-state index is 10.9. The van der Waals surface area contributed by atoms with Gasteiger partial charge in [0.05, 0.1) is 5.75 Å². The van der Waals surface area contributed by atoms with E-state index in [1.807, 2.05) is 6.92 Å². The molecule has 0 saturated carbocycles. The number of sulfone groups is 1. The summed E-state index contributed by atoms with van der Waals surface area (Å²) in [6, 6.07) is 0. The molecule has 4 nitrogen and oxygen atoms in total. The van der Waals surface area contributed by atoms with Gasteiger partial charge in [0.15, 0.2) is 9.84 Å². The molecule has 0 spiro atoms. The van der Waals surface area contributed by atoms with Gasteiger partial charge < -0.3 is 0 Å². The van der Waals surface area contributed by atoms with E-state index in [2.05, 4.69) is 5.43 Å². The first-order valence-corrected chi connectivity index (χ1v) is 5.08. The molecule has 0 amide bonds. The Hall–Kier alpha value is -0.130. The Morgan fingerprint density at radius 1 is 1.40 bits per heavy atom. The van der Waals surface area contributed by atoms with Crippen molar-refractivity contribution in [1.29, 1.82) is 0 Å². The highest BCUT2D eigenvalue weighted by Crippen LogP contribution is 1.91. The second-order valence-electron chi connectivity index (χ2n) is 2.11.